The monoisotopic (exact) mass is 140 g/mol. The number of aliphatic hydroxyl groups excluding tert-OH is 1. The molecule has 0 bridgehead atoms. The third kappa shape index (κ3) is 2.02. The highest BCUT2D eigenvalue weighted by Gasteiger charge is 2.36. The Kier molecular flexibility index (Phi) is 2.73. The fourth-order valence-electron chi connectivity index (χ4n) is 0.706. The lowest BCUT2D eigenvalue weighted by atomic mass is 10.3. The molecule has 2 atom stereocenters. The van der Waals surface area contributed by atoms with E-state index in [1.54, 1.807) is 0 Å². The molecule has 56 valence electrons. The third-order valence-electron chi connectivity index (χ3n) is 1.38. The second-order valence-corrected chi connectivity index (χ2v) is 2.35. The standard InChI is InChI=1S/C8H12O2/c1-2-3-4-5-7-8(6-9)10-7/h7-9H,2-3,6H2,1H3. The normalized spacial score (nSPS) is 29.0. The van der Waals surface area contributed by atoms with Gasteiger partial charge in [0.2, 0.25) is 0 Å². The SMILES string of the molecule is CCCC#CC1OC1CO. The number of hydrogen-bond acceptors (Lipinski definition) is 2. The van der Waals surface area contributed by atoms with Crippen molar-refractivity contribution in [1.82, 2.24) is 0 Å². The van der Waals surface area contributed by atoms with Gasteiger partial charge in [-0.1, -0.05) is 12.8 Å². The first-order valence-corrected chi connectivity index (χ1v) is 3.63. The van der Waals surface area contributed by atoms with Gasteiger partial charge in [0.05, 0.1) is 6.61 Å². The molecule has 1 aliphatic heterocycles. The van der Waals surface area contributed by atoms with E-state index < -0.39 is 0 Å². The quantitative estimate of drug-likeness (QED) is 0.449. The zero-order chi connectivity index (χ0) is 7.40. The van der Waals surface area contributed by atoms with Crippen molar-refractivity contribution < 1.29 is 9.84 Å². The molecule has 0 spiro atoms. The van der Waals surface area contributed by atoms with Crippen molar-refractivity contribution in [2.75, 3.05) is 6.61 Å². The maximum Gasteiger partial charge on any atom is 0.147 e. The molecule has 1 aliphatic rings. The van der Waals surface area contributed by atoms with Gasteiger partial charge < -0.3 is 9.84 Å². The van der Waals surface area contributed by atoms with Crippen molar-refractivity contribution in [2.24, 2.45) is 0 Å². The first kappa shape index (κ1) is 7.59. The van der Waals surface area contributed by atoms with E-state index in [0.717, 1.165) is 12.8 Å². The number of hydrogen-bond donors (Lipinski definition) is 1. The molecule has 0 saturated carbocycles. The van der Waals surface area contributed by atoms with Crippen LogP contribution in [0.3, 0.4) is 0 Å². The maximum atomic E-state index is 8.54. The van der Waals surface area contributed by atoms with Crippen LogP contribution in [0.25, 0.3) is 0 Å². The smallest absolute Gasteiger partial charge is 0.147 e. The minimum atomic E-state index is 0.00403. The summed E-state index contributed by atoms with van der Waals surface area (Å²) in [5, 5.41) is 8.54. The Hall–Kier alpha value is -0.520. The highest BCUT2D eigenvalue weighted by atomic mass is 16.6. The van der Waals surface area contributed by atoms with Crippen molar-refractivity contribution >= 4 is 0 Å². The molecule has 0 radical (unpaired) electrons. The summed E-state index contributed by atoms with van der Waals surface area (Å²) in [6, 6.07) is 0. The topological polar surface area (TPSA) is 32.8 Å². The lowest BCUT2D eigenvalue weighted by Gasteiger charge is -1.77. The molecule has 2 heteroatoms. The second kappa shape index (κ2) is 3.60. The predicted molar refractivity (Wildman–Crippen MR) is 38.4 cm³/mol. The molecule has 0 aromatic rings. The Morgan fingerprint density at radius 1 is 1.60 bits per heavy atom. The second-order valence-electron chi connectivity index (χ2n) is 2.35. The molecule has 0 amide bonds. The first-order valence-electron chi connectivity index (χ1n) is 3.63. The minimum Gasteiger partial charge on any atom is -0.394 e. The highest BCUT2D eigenvalue weighted by molar-refractivity contribution is 5.13. The summed E-state index contributed by atoms with van der Waals surface area (Å²) in [7, 11) is 0. The van der Waals surface area contributed by atoms with E-state index in [2.05, 4.69) is 18.8 Å². The van der Waals surface area contributed by atoms with Crippen LogP contribution < -0.4 is 0 Å². The maximum absolute atomic E-state index is 8.54. The molecular formula is C8H12O2. The Labute approximate surface area is 61.2 Å². The van der Waals surface area contributed by atoms with E-state index in [1.807, 2.05) is 0 Å². The van der Waals surface area contributed by atoms with Crippen LogP contribution in [-0.4, -0.2) is 23.9 Å². The fraction of sp³-hybridized carbons (Fsp3) is 0.750. The number of unbranched alkanes of at least 4 members (excludes halogenated alkanes) is 1. The van der Waals surface area contributed by atoms with Gasteiger partial charge in [-0.15, -0.1) is 5.92 Å². The average Bonchev–Trinajstić information content (AvgIpc) is 2.68. The molecule has 0 aromatic carbocycles. The van der Waals surface area contributed by atoms with Crippen LogP contribution in [0.4, 0.5) is 0 Å². The lowest BCUT2D eigenvalue weighted by Crippen LogP contribution is -1.95. The van der Waals surface area contributed by atoms with Crippen LogP contribution in [-0.2, 0) is 4.74 Å². The zero-order valence-corrected chi connectivity index (χ0v) is 6.13. The Bertz CT molecular complexity index is 154. The van der Waals surface area contributed by atoms with Gasteiger partial charge in [-0.25, -0.2) is 0 Å². The van der Waals surface area contributed by atoms with Gasteiger partial charge in [-0.05, 0) is 6.42 Å². The molecule has 1 heterocycles. The molecule has 10 heavy (non-hydrogen) atoms. The van der Waals surface area contributed by atoms with E-state index in [-0.39, 0.29) is 18.8 Å². The Morgan fingerprint density at radius 2 is 2.40 bits per heavy atom. The number of aliphatic hydroxyl groups is 1. The molecule has 0 aromatic heterocycles. The summed E-state index contributed by atoms with van der Waals surface area (Å²) >= 11 is 0. The van der Waals surface area contributed by atoms with Crippen LogP contribution in [0, 0.1) is 11.8 Å². The van der Waals surface area contributed by atoms with Gasteiger partial charge in [0.1, 0.15) is 12.2 Å². The van der Waals surface area contributed by atoms with Crippen LogP contribution >= 0.6 is 0 Å². The summed E-state index contributed by atoms with van der Waals surface area (Å²) in [5.41, 5.74) is 0. The Morgan fingerprint density at radius 3 is 2.90 bits per heavy atom. The van der Waals surface area contributed by atoms with Crippen molar-refractivity contribution in [1.29, 1.82) is 0 Å². The number of rotatable bonds is 2. The summed E-state index contributed by atoms with van der Waals surface area (Å²) in [6.07, 6.45) is 2.04. The van der Waals surface area contributed by atoms with Crippen LogP contribution in [0.1, 0.15) is 19.8 Å². The van der Waals surface area contributed by atoms with E-state index in [1.165, 1.54) is 0 Å². The lowest BCUT2D eigenvalue weighted by molar-refractivity contribution is 0.243. The van der Waals surface area contributed by atoms with E-state index in [9.17, 15) is 0 Å². The van der Waals surface area contributed by atoms with E-state index in [4.69, 9.17) is 9.84 Å². The summed E-state index contributed by atoms with van der Waals surface area (Å²) in [5.74, 6) is 5.90. The largest absolute Gasteiger partial charge is 0.394 e. The fourth-order valence-corrected chi connectivity index (χ4v) is 0.706. The number of ether oxygens (including phenoxy) is 1. The minimum absolute atomic E-state index is 0.00403. The van der Waals surface area contributed by atoms with Crippen molar-refractivity contribution in [3.63, 3.8) is 0 Å². The van der Waals surface area contributed by atoms with Gasteiger partial charge in [0.15, 0.2) is 0 Å². The summed E-state index contributed by atoms with van der Waals surface area (Å²) < 4.78 is 4.99. The van der Waals surface area contributed by atoms with Crippen molar-refractivity contribution in [2.45, 2.75) is 32.0 Å². The third-order valence-corrected chi connectivity index (χ3v) is 1.38. The summed E-state index contributed by atoms with van der Waals surface area (Å²) in [6.45, 7) is 2.19. The highest BCUT2D eigenvalue weighted by Crippen LogP contribution is 2.19. The van der Waals surface area contributed by atoms with E-state index in [0.29, 0.717) is 0 Å². The summed E-state index contributed by atoms with van der Waals surface area (Å²) in [4.78, 5) is 0. The Balaban J connectivity index is 2.12. The predicted octanol–water partition coefficient (Wildman–Crippen LogP) is 0.550. The molecule has 2 nitrogen and oxygen atoms in total. The van der Waals surface area contributed by atoms with Crippen molar-refractivity contribution in [3.8, 4) is 11.8 Å². The van der Waals surface area contributed by atoms with Crippen LogP contribution in [0.15, 0.2) is 0 Å². The van der Waals surface area contributed by atoms with E-state index >= 15 is 0 Å². The molecule has 0 aliphatic carbocycles. The molecule has 1 saturated heterocycles. The van der Waals surface area contributed by atoms with Gasteiger partial charge in [0, 0.05) is 6.42 Å². The van der Waals surface area contributed by atoms with Crippen molar-refractivity contribution in [3.05, 3.63) is 0 Å². The van der Waals surface area contributed by atoms with Gasteiger partial charge in [-0.3, -0.25) is 0 Å². The average molecular weight is 140 g/mol. The van der Waals surface area contributed by atoms with Gasteiger partial charge in [-0.2, -0.15) is 0 Å². The van der Waals surface area contributed by atoms with Gasteiger partial charge in [0.25, 0.3) is 0 Å². The zero-order valence-electron chi connectivity index (χ0n) is 6.13. The molecule has 2 unspecified atom stereocenters. The van der Waals surface area contributed by atoms with Gasteiger partial charge >= 0.3 is 0 Å². The van der Waals surface area contributed by atoms with Crippen LogP contribution in [0.5, 0.6) is 0 Å². The molecular weight excluding hydrogens is 128 g/mol. The number of epoxide rings is 1. The van der Waals surface area contributed by atoms with Crippen LogP contribution in [0.2, 0.25) is 0 Å². The first-order chi connectivity index (χ1) is 4.88. The molecule has 1 fully saturated rings. The molecule has 1 rings (SSSR count). The molecule has 1 N–H and O–H groups in total.